The van der Waals surface area contributed by atoms with Gasteiger partial charge in [0.05, 0.1) is 0 Å². The molecule has 0 nitrogen and oxygen atoms in total. The molecule has 2 aliphatic rings. The Bertz CT molecular complexity index is 341. The van der Waals surface area contributed by atoms with E-state index >= 15 is 0 Å². The van der Waals surface area contributed by atoms with E-state index in [0.717, 1.165) is 17.1 Å². The molecule has 0 heterocycles. The van der Waals surface area contributed by atoms with Crippen molar-refractivity contribution in [2.45, 2.75) is 42.8 Å². The van der Waals surface area contributed by atoms with Gasteiger partial charge in [0.2, 0.25) is 0 Å². The normalized spacial score (nSPS) is 33.5. The molecule has 1 aromatic rings. The van der Waals surface area contributed by atoms with Crippen molar-refractivity contribution in [3.63, 3.8) is 0 Å². The van der Waals surface area contributed by atoms with Crippen LogP contribution in [0.15, 0.2) is 29.2 Å². The van der Waals surface area contributed by atoms with Gasteiger partial charge in [0.15, 0.2) is 0 Å². The van der Waals surface area contributed by atoms with Gasteiger partial charge >= 0.3 is 0 Å². The maximum Gasteiger partial charge on any atom is 0.0125 e. The van der Waals surface area contributed by atoms with Crippen LogP contribution in [-0.2, 0) is 0 Å². The average Bonchev–Trinajstić information content (AvgIpc) is 2.83. The zero-order chi connectivity index (χ0) is 10.3. The number of thioether (sulfide) groups is 1. The van der Waals surface area contributed by atoms with Crippen molar-refractivity contribution in [3.8, 4) is 0 Å². The van der Waals surface area contributed by atoms with E-state index in [4.69, 9.17) is 0 Å². The SMILES string of the molecule is Cc1ccc(S[C@H]2C[C@H]3CC[C@H]2C3)cc1. The highest BCUT2D eigenvalue weighted by Gasteiger charge is 2.39. The van der Waals surface area contributed by atoms with Crippen LogP contribution in [0.4, 0.5) is 0 Å². The fraction of sp³-hybridized carbons (Fsp3) is 0.571. The average molecular weight is 218 g/mol. The quantitative estimate of drug-likeness (QED) is 0.714. The summed E-state index contributed by atoms with van der Waals surface area (Å²) < 4.78 is 0. The Morgan fingerprint density at radius 2 is 1.87 bits per heavy atom. The van der Waals surface area contributed by atoms with Gasteiger partial charge in [-0.25, -0.2) is 0 Å². The number of benzene rings is 1. The van der Waals surface area contributed by atoms with E-state index in [2.05, 4.69) is 43.0 Å². The van der Waals surface area contributed by atoms with Crippen molar-refractivity contribution >= 4 is 11.8 Å². The van der Waals surface area contributed by atoms with Gasteiger partial charge in [-0.15, -0.1) is 11.8 Å². The predicted octanol–water partition coefficient (Wildman–Crippen LogP) is 4.28. The summed E-state index contributed by atoms with van der Waals surface area (Å²) in [5, 5.41) is 0.923. The van der Waals surface area contributed by atoms with Crippen LogP contribution in [0.2, 0.25) is 0 Å². The minimum absolute atomic E-state index is 0.923. The molecule has 1 aromatic carbocycles. The van der Waals surface area contributed by atoms with Crippen molar-refractivity contribution < 1.29 is 0 Å². The van der Waals surface area contributed by atoms with E-state index in [1.165, 1.54) is 36.1 Å². The first-order chi connectivity index (χ1) is 7.31. The summed E-state index contributed by atoms with van der Waals surface area (Å²) in [5.74, 6) is 2.10. The van der Waals surface area contributed by atoms with Crippen molar-refractivity contribution in [2.24, 2.45) is 11.8 Å². The van der Waals surface area contributed by atoms with E-state index < -0.39 is 0 Å². The van der Waals surface area contributed by atoms with Crippen LogP contribution in [0.3, 0.4) is 0 Å². The third-order valence-corrected chi connectivity index (χ3v) is 5.41. The van der Waals surface area contributed by atoms with Crippen LogP contribution in [0.25, 0.3) is 0 Å². The molecule has 3 atom stereocenters. The maximum atomic E-state index is 2.28. The monoisotopic (exact) mass is 218 g/mol. The fourth-order valence-electron chi connectivity index (χ4n) is 3.12. The lowest BCUT2D eigenvalue weighted by Gasteiger charge is -2.20. The molecule has 0 radical (unpaired) electrons. The molecule has 0 unspecified atom stereocenters. The summed E-state index contributed by atoms with van der Waals surface area (Å²) in [6.07, 6.45) is 6.00. The van der Waals surface area contributed by atoms with Gasteiger partial charge in [-0.05, 0) is 50.2 Å². The first-order valence-electron chi connectivity index (χ1n) is 6.04. The predicted molar refractivity (Wildman–Crippen MR) is 66.3 cm³/mol. The second-order valence-corrected chi connectivity index (χ2v) is 6.46. The van der Waals surface area contributed by atoms with Crippen molar-refractivity contribution in [3.05, 3.63) is 29.8 Å². The third-order valence-electron chi connectivity index (χ3n) is 3.98. The van der Waals surface area contributed by atoms with Gasteiger partial charge in [0, 0.05) is 10.1 Å². The summed E-state index contributed by atoms with van der Waals surface area (Å²) in [5.41, 5.74) is 1.37. The molecule has 15 heavy (non-hydrogen) atoms. The van der Waals surface area contributed by atoms with Crippen LogP contribution in [0.1, 0.15) is 31.2 Å². The lowest BCUT2D eigenvalue weighted by molar-refractivity contribution is 0.492. The molecule has 3 rings (SSSR count). The Kier molecular flexibility index (Phi) is 2.51. The van der Waals surface area contributed by atoms with Crippen LogP contribution >= 0.6 is 11.8 Å². The molecule has 0 N–H and O–H groups in total. The van der Waals surface area contributed by atoms with Crippen LogP contribution in [0, 0.1) is 18.8 Å². The number of hydrogen-bond donors (Lipinski definition) is 0. The van der Waals surface area contributed by atoms with Crippen LogP contribution < -0.4 is 0 Å². The van der Waals surface area contributed by atoms with Gasteiger partial charge in [-0.3, -0.25) is 0 Å². The third kappa shape index (κ3) is 1.94. The van der Waals surface area contributed by atoms with Gasteiger partial charge in [-0.1, -0.05) is 24.1 Å². The van der Waals surface area contributed by atoms with Crippen LogP contribution in [0.5, 0.6) is 0 Å². The standard InChI is InChI=1S/C14H18S/c1-10-2-6-13(7-3-10)15-14-9-11-4-5-12(14)8-11/h2-3,6-7,11-12,14H,4-5,8-9H2,1H3/t11-,12-,14-/m0/s1. The smallest absolute Gasteiger partial charge is 0.0125 e. The topological polar surface area (TPSA) is 0 Å². The molecule has 2 saturated carbocycles. The molecule has 0 spiro atoms. The molecule has 0 saturated heterocycles. The molecule has 0 amide bonds. The number of fused-ring (bicyclic) bond motifs is 2. The Morgan fingerprint density at radius 3 is 2.47 bits per heavy atom. The Labute approximate surface area is 96.5 Å². The molecule has 2 bridgehead atoms. The molecule has 0 aliphatic heterocycles. The minimum Gasteiger partial charge on any atom is -0.122 e. The van der Waals surface area contributed by atoms with Gasteiger partial charge in [0.1, 0.15) is 0 Å². The van der Waals surface area contributed by atoms with E-state index in [0.29, 0.717) is 0 Å². The molecule has 2 aliphatic carbocycles. The zero-order valence-electron chi connectivity index (χ0n) is 9.28. The van der Waals surface area contributed by atoms with Crippen molar-refractivity contribution in [2.75, 3.05) is 0 Å². The fourth-order valence-corrected chi connectivity index (χ4v) is 4.57. The number of aryl methyl sites for hydroxylation is 1. The summed E-state index contributed by atoms with van der Waals surface area (Å²) in [4.78, 5) is 1.47. The molecular weight excluding hydrogens is 200 g/mol. The molecule has 80 valence electrons. The molecule has 1 heteroatoms. The lowest BCUT2D eigenvalue weighted by atomic mass is 10.0. The van der Waals surface area contributed by atoms with Gasteiger partial charge in [0.25, 0.3) is 0 Å². The van der Waals surface area contributed by atoms with Gasteiger partial charge in [-0.2, -0.15) is 0 Å². The first kappa shape index (κ1) is 9.77. The molecular formula is C14H18S. The van der Waals surface area contributed by atoms with E-state index in [9.17, 15) is 0 Å². The Balaban J connectivity index is 1.68. The maximum absolute atomic E-state index is 2.28. The number of rotatable bonds is 2. The highest BCUT2D eigenvalue weighted by atomic mass is 32.2. The number of hydrogen-bond acceptors (Lipinski definition) is 1. The summed E-state index contributed by atoms with van der Waals surface area (Å²) >= 11 is 2.12. The highest BCUT2D eigenvalue weighted by molar-refractivity contribution is 8.00. The summed E-state index contributed by atoms with van der Waals surface area (Å²) in [6, 6.07) is 9.03. The zero-order valence-corrected chi connectivity index (χ0v) is 10.1. The van der Waals surface area contributed by atoms with E-state index in [1.807, 2.05) is 0 Å². The molecule has 2 fully saturated rings. The Morgan fingerprint density at radius 1 is 1.07 bits per heavy atom. The lowest BCUT2D eigenvalue weighted by Crippen LogP contribution is -2.11. The largest absolute Gasteiger partial charge is 0.122 e. The first-order valence-corrected chi connectivity index (χ1v) is 6.92. The second kappa shape index (κ2) is 3.86. The Hall–Kier alpha value is -0.430. The molecule has 0 aromatic heterocycles. The van der Waals surface area contributed by atoms with Crippen LogP contribution in [-0.4, -0.2) is 5.25 Å². The summed E-state index contributed by atoms with van der Waals surface area (Å²) in [7, 11) is 0. The minimum atomic E-state index is 0.923. The van der Waals surface area contributed by atoms with Crippen molar-refractivity contribution in [1.29, 1.82) is 0 Å². The van der Waals surface area contributed by atoms with Crippen molar-refractivity contribution in [1.82, 2.24) is 0 Å². The summed E-state index contributed by atoms with van der Waals surface area (Å²) in [6.45, 7) is 2.16. The van der Waals surface area contributed by atoms with Gasteiger partial charge < -0.3 is 0 Å². The highest BCUT2D eigenvalue weighted by Crippen LogP contribution is 2.50. The van der Waals surface area contributed by atoms with E-state index in [1.54, 1.807) is 0 Å². The second-order valence-electron chi connectivity index (χ2n) is 5.14. The van der Waals surface area contributed by atoms with E-state index in [-0.39, 0.29) is 0 Å².